The highest BCUT2D eigenvalue weighted by Gasteiger charge is 2.18. The number of amides is 1. The van der Waals surface area contributed by atoms with Gasteiger partial charge in [-0.3, -0.25) is 15.1 Å². The standard InChI is InChI=1S/C28H28N8OS/c1-35-12-14-36(15-13-35)28(32-19-29)34-22-6-4-5-21(17-22)33-27(37)26-25(10-16-38-26)31-18-20-9-11-30-24-8-3-2-7-23(20)24/h2-11,16-17,31H,12-15,18H2,1H3,(H,32,34)(H,33,37). The maximum atomic E-state index is 13.2. The Morgan fingerprint density at radius 3 is 2.79 bits per heavy atom. The number of para-hydroxylation sites is 1. The lowest BCUT2D eigenvalue weighted by Crippen LogP contribution is -2.50. The number of anilines is 2. The van der Waals surface area contributed by atoms with Crippen molar-refractivity contribution in [3.63, 3.8) is 0 Å². The third-order valence-corrected chi connectivity index (χ3v) is 7.30. The van der Waals surface area contributed by atoms with E-state index >= 15 is 0 Å². The fourth-order valence-electron chi connectivity index (χ4n) is 4.33. The van der Waals surface area contributed by atoms with E-state index in [0.717, 1.165) is 48.3 Å². The number of benzene rings is 2. The number of likely N-dealkylation sites (N-methyl/N-ethyl adjacent to an activating group) is 1. The summed E-state index contributed by atoms with van der Waals surface area (Å²) in [5.74, 6) is 0.315. The van der Waals surface area contributed by atoms with Gasteiger partial charge < -0.3 is 20.4 Å². The fourth-order valence-corrected chi connectivity index (χ4v) is 5.10. The lowest BCUT2D eigenvalue weighted by molar-refractivity contribution is 0.103. The molecule has 1 aliphatic heterocycles. The first-order valence-electron chi connectivity index (χ1n) is 12.3. The summed E-state index contributed by atoms with van der Waals surface area (Å²) in [4.78, 5) is 27.2. The number of nitriles is 1. The number of nitrogens with one attached hydrogen (secondary N) is 3. The number of hydrogen-bond acceptors (Lipinski definition) is 7. The first-order valence-corrected chi connectivity index (χ1v) is 13.2. The molecule has 1 saturated heterocycles. The number of piperazine rings is 1. The van der Waals surface area contributed by atoms with Crippen LogP contribution in [0.5, 0.6) is 0 Å². The number of nitrogens with zero attached hydrogens (tertiary/aromatic N) is 5. The molecular formula is C28H28N8OS. The molecule has 0 aliphatic carbocycles. The lowest BCUT2D eigenvalue weighted by Gasteiger charge is -2.33. The van der Waals surface area contributed by atoms with Crippen molar-refractivity contribution in [2.24, 2.45) is 4.99 Å². The van der Waals surface area contributed by atoms with Crippen LogP contribution in [0.4, 0.5) is 17.1 Å². The van der Waals surface area contributed by atoms with Gasteiger partial charge in [-0.25, -0.2) is 4.99 Å². The van der Waals surface area contributed by atoms with Crippen LogP contribution in [0.1, 0.15) is 15.2 Å². The number of carbonyl (C=O) groups excluding carboxylic acids is 1. The average molecular weight is 525 g/mol. The van der Waals surface area contributed by atoms with Crippen LogP contribution in [0.15, 0.2) is 77.2 Å². The van der Waals surface area contributed by atoms with Crippen LogP contribution in [-0.2, 0) is 6.54 Å². The van der Waals surface area contributed by atoms with Gasteiger partial charge in [-0.05, 0) is 54.4 Å². The number of thiophene rings is 1. The topological polar surface area (TPSA) is 109 Å². The molecule has 1 aliphatic rings. The Bertz CT molecular complexity index is 1490. The van der Waals surface area contributed by atoms with E-state index in [2.05, 4.69) is 48.8 Å². The molecule has 2 aromatic carbocycles. The van der Waals surface area contributed by atoms with E-state index in [-0.39, 0.29) is 5.91 Å². The van der Waals surface area contributed by atoms with E-state index in [1.807, 2.05) is 60.1 Å². The third kappa shape index (κ3) is 5.91. The first-order chi connectivity index (χ1) is 18.6. The van der Waals surface area contributed by atoms with E-state index in [4.69, 9.17) is 0 Å². The van der Waals surface area contributed by atoms with Crippen molar-refractivity contribution in [1.29, 1.82) is 5.26 Å². The minimum atomic E-state index is -0.197. The molecule has 38 heavy (non-hydrogen) atoms. The second-order valence-corrected chi connectivity index (χ2v) is 9.89. The van der Waals surface area contributed by atoms with E-state index in [1.165, 1.54) is 11.3 Å². The van der Waals surface area contributed by atoms with Crippen molar-refractivity contribution >= 4 is 51.2 Å². The van der Waals surface area contributed by atoms with Crippen molar-refractivity contribution in [1.82, 2.24) is 20.1 Å². The Kier molecular flexibility index (Phi) is 7.78. The highest BCUT2D eigenvalue weighted by molar-refractivity contribution is 7.12. The van der Waals surface area contributed by atoms with Crippen molar-refractivity contribution in [3.8, 4) is 6.19 Å². The molecule has 0 atom stereocenters. The number of fused-ring (bicyclic) bond motifs is 1. The maximum Gasteiger partial charge on any atom is 0.267 e. The monoisotopic (exact) mass is 524 g/mol. The Balaban J connectivity index is 1.28. The van der Waals surface area contributed by atoms with Crippen LogP contribution < -0.4 is 16.0 Å². The summed E-state index contributed by atoms with van der Waals surface area (Å²) >= 11 is 1.38. The van der Waals surface area contributed by atoms with Crippen molar-refractivity contribution in [3.05, 3.63) is 82.7 Å². The first kappa shape index (κ1) is 25.2. The summed E-state index contributed by atoms with van der Waals surface area (Å²) in [6.45, 7) is 3.94. The van der Waals surface area contributed by atoms with Crippen LogP contribution in [0.3, 0.4) is 0 Å². The number of guanidine groups is 1. The minimum absolute atomic E-state index is 0.197. The van der Waals surface area contributed by atoms with Crippen LogP contribution in [0.2, 0.25) is 0 Å². The Morgan fingerprint density at radius 2 is 1.95 bits per heavy atom. The number of aromatic nitrogens is 1. The van der Waals surface area contributed by atoms with Gasteiger partial charge in [0.05, 0.1) is 16.9 Å². The smallest absolute Gasteiger partial charge is 0.267 e. The number of aliphatic imine (C=N–C) groups is 1. The van der Waals surface area contributed by atoms with Gasteiger partial charge in [0.25, 0.3) is 5.91 Å². The Labute approximate surface area is 225 Å². The highest BCUT2D eigenvalue weighted by Crippen LogP contribution is 2.26. The Morgan fingerprint density at radius 1 is 1.11 bits per heavy atom. The molecule has 4 aromatic rings. The fraction of sp³-hybridized carbons (Fsp3) is 0.214. The molecule has 10 heteroatoms. The molecule has 5 rings (SSSR count). The van der Waals surface area contributed by atoms with Gasteiger partial charge in [-0.15, -0.1) is 11.3 Å². The number of carbonyl (C=O) groups is 1. The number of pyridine rings is 1. The summed E-state index contributed by atoms with van der Waals surface area (Å²) < 4.78 is 0. The quantitative estimate of drug-likeness (QED) is 0.148. The predicted octanol–water partition coefficient (Wildman–Crippen LogP) is 4.47. The molecule has 3 N–H and O–H groups in total. The molecule has 0 unspecified atom stereocenters. The van der Waals surface area contributed by atoms with Gasteiger partial charge in [-0.2, -0.15) is 5.26 Å². The molecule has 1 fully saturated rings. The van der Waals surface area contributed by atoms with Gasteiger partial charge in [0, 0.05) is 50.0 Å². The number of rotatable bonds is 6. The molecule has 2 aromatic heterocycles. The van der Waals surface area contributed by atoms with E-state index in [1.54, 1.807) is 12.3 Å². The largest absolute Gasteiger partial charge is 0.380 e. The molecule has 1 amide bonds. The van der Waals surface area contributed by atoms with Gasteiger partial charge in [0.1, 0.15) is 4.88 Å². The van der Waals surface area contributed by atoms with Crippen molar-refractivity contribution < 1.29 is 4.79 Å². The minimum Gasteiger partial charge on any atom is -0.380 e. The molecule has 0 bridgehead atoms. The molecule has 3 heterocycles. The summed E-state index contributed by atoms with van der Waals surface area (Å²) in [7, 11) is 2.08. The van der Waals surface area contributed by atoms with Crippen LogP contribution in [-0.4, -0.2) is 59.9 Å². The van der Waals surface area contributed by atoms with Crippen molar-refractivity contribution in [2.75, 3.05) is 43.9 Å². The normalized spacial score (nSPS) is 14.2. The molecule has 192 valence electrons. The Hall–Kier alpha value is -4.46. The van der Waals surface area contributed by atoms with Gasteiger partial charge in [0.15, 0.2) is 6.19 Å². The van der Waals surface area contributed by atoms with Crippen LogP contribution >= 0.6 is 11.3 Å². The number of hydrogen-bond donors (Lipinski definition) is 3. The molecular weight excluding hydrogens is 496 g/mol. The zero-order valence-corrected chi connectivity index (χ0v) is 21.8. The predicted molar refractivity (Wildman–Crippen MR) is 153 cm³/mol. The SMILES string of the molecule is CN1CCN(C(=Nc2cccc(NC(=O)c3sccc3NCc3ccnc4ccccc34)c2)NC#N)CC1. The summed E-state index contributed by atoms with van der Waals surface area (Å²) in [5.41, 5.74) is 4.11. The van der Waals surface area contributed by atoms with E-state index < -0.39 is 0 Å². The molecule has 9 nitrogen and oxygen atoms in total. The molecule has 0 saturated carbocycles. The van der Waals surface area contributed by atoms with E-state index in [0.29, 0.717) is 28.8 Å². The summed E-state index contributed by atoms with van der Waals surface area (Å²) in [6.07, 6.45) is 3.79. The second-order valence-electron chi connectivity index (χ2n) is 8.97. The zero-order valence-electron chi connectivity index (χ0n) is 21.0. The van der Waals surface area contributed by atoms with Crippen LogP contribution in [0, 0.1) is 11.5 Å². The van der Waals surface area contributed by atoms with E-state index in [9.17, 15) is 10.1 Å². The second kappa shape index (κ2) is 11.7. The third-order valence-electron chi connectivity index (χ3n) is 6.39. The summed E-state index contributed by atoms with van der Waals surface area (Å²) in [6, 6.07) is 19.2. The summed E-state index contributed by atoms with van der Waals surface area (Å²) in [5, 5.41) is 21.3. The molecule has 0 radical (unpaired) electrons. The van der Waals surface area contributed by atoms with Gasteiger partial charge in [0.2, 0.25) is 5.96 Å². The van der Waals surface area contributed by atoms with Gasteiger partial charge in [-0.1, -0.05) is 24.3 Å². The average Bonchev–Trinajstić information content (AvgIpc) is 3.41. The maximum absolute atomic E-state index is 13.2. The zero-order chi connectivity index (χ0) is 26.3. The van der Waals surface area contributed by atoms with Crippen molar-refractivity contribution in [2.45, 2.75) is 6.54 Å². The van der Waals surface area contributed by atoms with Gasteiger partial charge >= 0.3 is 0 Å². The highest BCUT2D eigenvalue weighted by atomic mass is 32.1. The lowest BCUT2D eigenvalue weighted by atomic mass is 10.1. The molecule has 0 spiro atoms. The van der Waals surface area contributed by atoms with Crippen LogP contribution in [0.25, 0.3) is 10.9 Å².